The molecule has 2 saturated heterocycles. The van der Waals surface area contributed by atoms with Crippen LogP contribution in [0.5, 0.6) is 0 Å². The Kier molecular flexibility index (Phi) is 17.6. The summed E-state index contributed by atoms with van der Waals surface area (Å²) in [5.74, 6) is 3.07. The lowest BCUT2D eigenvalue weighted by Gasteiger charge is -2.54. The van der Waals surface area contributed by atoms with Gasteiger partial charge in [-0.05, 0) is 195 Å². The highest BCUT2D eigenvalue weighted by atomic mass is 79.9. The van der Waals surface area contributed by atoms with Crippen LogP contribution in [0.15, 0.2) is 133 Å². The topological polar surface area (TPSA) is 170 Å². The van der Waals surface area contributed by atoms with Crippen molar-refractivity contribution in [1.82, 2.24) is 44.9 Å². The molecule has 0 radical (unpaired) electrons. The summed E-state index contributed by atoms with van der Waals surface area (Å²) < 4.78 is 70.8. The molecular formula is C85H87BrF3N9O5. The minimum Gasteiger partial charge on any atom is -0.347 e. The molecule has 103 heavy (non-hydrogen) atoms. The molecule has 9 atom stereocenters. The molecule has 2 aliphatic heterocycles. The van der Waals surface area contributed by atoms with E-state index in [0.29, 0.717) is 108 Å². The van der Waals surface area contributed by atoms with Gasteiger partial charge in [0, 0.05) is 145 Å². The summed E-state index contributed by atoms with van der Waals surface area (Å²) >= 11 is 3.61. The number of halogens is 4. The second-order valence-electron chi connectivity index (χ2n) is 31.5. The van der Waals surface area contributed by atoms with Crippen molar-refractivity contribution in [2.75, 3.05) is 26.4 Å². The van der Waals surface area contributed by atoms with E-state index < -0.39 is 11.6 Å². The minimum absolute atomic E-state index is 0.0233. The van der Waals surface area contributed by atoms with E-state index in [1.54, 1.807) is 36.8 Å². The number of ether oxygens (including phenoxy) is 4. The number of carbonyl (C=O) groups is 1. The standard InChI is InChI=1S/C30H32FN3O2.C28H28FN3O.C27H27BrFN3O2/c1-18-24-10-9-22-26(21-5-3-4-6-25(21)31)33-28(20-11-14-32-17-23(20)19-7-8-19)34-27(22)29(24,2)12-13-30(18)35-15-16-36-30;1-16-22-10-9-20-25(19-5-3-4-6-23(19)29)31-27(18-12-14-30-15-21(18)17-7-8-17)32-26(20)28(22,2)13-11-24(16)33;1-16-20-8-7-19-23(18-5-3-4-6-22(18)29)31-25(17-9-12-30-15-21(17)28)32-24(19)26(20,2)10-11-27(16)33-13-14-34-27/h3-6,11,14,17-19,24H,7-10,12-13,15-16H2,1-2H3;3-6,12,14-17,22H,7-11,13H2,1-2H3;3-6,9,12,15-16,20H,7-8,10-11,13-14H2,1-2H3/t18-,24-,29-;16-,22-,28-;16-,20-,26-/m111/s1. The molecule has 3 aromatic carbocycles. The zero-order chi connectivity index (χ0) is 70.7. The first-order chi connectivity index (χ1) is 49.9. The monoisotopic (exact) mass is 1450 g/mol. The van der Waals surface area contributed by atoms with Gasteiger partial charge in [-0.15, -0.1) is 0 Å². The van der Waals surface area contributed by atoms with Crippen molar-refractivity contribution in [3.05, 3.63) is 195 Å². The number of benzene rings is 3. The van der Waals surface area contributed by atoms with Crippen LogP contribution < -0.4 is 0 Å². The van der Waals surface area contributed by atoms with Crippen molar-refractivity contribution in [2.24, 2.45) is 35.5 Å². The molecule has 0 amide bonds. The zero-order valence-corrected chi connectivity index (χ0v) is 61.0. The number of ketones is 1. The Morgan fingerprint density at radius 3 is 1.16 bits per heavy atom. The van der Waals surface area contributed by atoms with Crippen LogP contribution in [0, 0.1) is 53.0 Å². The van der Waals surface area contributed by atoms with Gasteiger partial charge < -0.3 is 18.9 Å². The Balaban J connectivity index is 0.000000115. The smallest absolute Gasteiger partial charge is 0.171 e. The molecule has 8 heterocycles. The van der Waals surface area contributed by atoms with Gasteiger partial charge in [-0.3, -0.25) is 19.7 Å². The fourth-order valence-corrected chi connectivity index (χ4v) is 20.4. The lowest BCUT2D eigenvalue weighted by Crippen LogP contribution is -2.55. The molecular weight excluding hydrogens is 1360 g/mol. The molecule has 7 fully saturated rings. The van der Waals surface area contributed by atoms with E-state index in [1.807, 2.05) is 73.2 Å². The van der Waals surface area contributed by atoms with Crippen LogP contribution in [0.1, 0.15) is 182 Å². The second kappa shape index (κ2) is 26.6. The van der Waals surface area contributed by atoms with E-state index in [9.17, 15) is 4.79 Å². The lowest BCUT2D eigenvalue weighted by molar-refractivity contribution is -0.234. The predicted molar refractivity (Wildman–Crippen MR) is 391 cm³/mol. The molecule has 14 nitrogen and oxygen atoms in total. The summed E-state index contributed by atoms with van der Waals surface area (Å²) in [5.41, 5.74) is 14.8. The number of pyridine rings is 3. The first kappa shape index (κ1) is 68.3. The van der Waals surface area contributed by atoms with Gasteiger partial charge >= 0.3 is 0 Å². The zero-order valence-electron chi connectivity index (χ0n) is 59.5. The van der Waals surface area contributed by atoms with Crippen LogP contribution >= 0.6 is 15.9 Å². The van der Waals surface area contributed by atoms with Crippen LogP contribution in [0.2, 0.25) is 0 Å². The van der Waals surface area contributed by atoms with Crippen LogP contribution in [0.25, 0.3) is 67.9 Å². The SMILES string of the molecule is C[C@@H]1[C@H]2CCc3c(-c4ccccc4F)nc(-c4ccncc4Br)nc3[C@]2(C)CCC12OCCO2.C[C@@H]1[C@H]2CCc3c(-c4ccccc4F)nc(-c4ccncc4C4CC4)nc3[C@]2(C)CCC12OCCO2.C[C@H]1C(=O)CC[C@@]2(C)c3nc(-c4ccncc4C4CC4)nc(-c4ccccc4F)c3CC[C@H]12. The molecule has 530 valence electrons. The number of rotatable bonds is 8. The predicted octanol–water partition coefficient (Wildman–Crippen LogP) is 18.4. The molecule has 8 aliphatic carbocycles. The average Bonchev–Trinajstić information content (AvgIpc) is 1.52. The van der Waals surface area contributed by atoms with Gasteiger partial charge in [-0.1, -0.05) is 77.9 Å². The third kappa shape index (κ3) is 11.7. The number of Topliss-reactive ketones (excluding diaryl/α,β-unsaturated/α-hetero) is 1. The maximum atomic E-state index is 15.2. The van der Waals surface area contributed by atoms with E-state index in [1.165, 1.54) is 42.2 Å². The van der Waals surface area contributed by atoms with Crippen LogP contribution in [-0.2, 0) is 59.2 Å². The van der Waals surface area contributed by atoms with Crippen molar-refractivity contribution >= 4 is 21.7 Å². The number of aromatic nitrogens is 9. The fraction of sp³-hybridized carbons (Fsp3) is 0.459. The van der Waals surface area contributed by atoms with Gasteiger partial charge in [0.15, 0.2) is 29.0 Å². The highest BCUT2D eigenvalue weighted by Gasteiger charge is 2.60. The van der Waals surface area contributed by atoms with E-state index in [-0.39, 0.29) is 57.4 Å². The summed E-state index contributed by atoms with van der Waals surface area (Å²) in [6.07, 6.45) is 25.8. The quantitative estimate of drug-likeness (QED) is 0.141. The summed E-state index contributed by atoms with van der Waals surface area (Å²) in [7, 11) is 0. The van der Waals surface area contributed by atoms with Crippen molar-refractivity contribution in [3.63, 3.8) is 0 Å². The molecule has 10 aliphatic rings. The van der Waals surface area contributed by atoms with Crippen molar-refractivity contribution < 1.29 is 36.9 Å². The van der Waals surface area contributed by atoms with Crippen molar-refractivity contribution in [2.45, 2.75) is 184 Å². The normalized spacial score (nSPS) is 27.6. The van der Waals surface area contributed by atoms with Crippen LogP contribution in [0.3, 0.4) is 0 Å². The molecule has 2 spiro atoms. The van der Waals surface area contributed by atoms with Gasteiger partial charge in [0.2, 0.25) is 0 Å². The molecule has 0 bridgehead atoms. The second-order valence-corrected chi connectivity index (χ2v) is 32.3. The minimum atomic E-state index is -0.486. The molecule has 0 unspecified atom stereocenters. The van der Waals surface area contributed by atoms with Gasteiger partial charge in [-0.25, -0.2) is 43.1 Å². The largest absolute Gasteiger partial charge is 0.347 e. The first-order valence-electron chi connectivity index (χ1n) is 37.5. The number of carbonyl (C=O) groups excluding carboxylic acids is 1. The Hall–Kier alpha value is -7.87. The number of fused-ring (bicyclic) bond motifs is 9. The van der Waals surface area contributed by atoms with E-state index in [4.69, 9.17) is 48.9 Å². The van der Waals surface area contributed by atoms with E-state index in [2.05, 4.69) is 72.4 Å². The first-order valence-corrected chi connectivity index (χ1v) is 38.3. The molecule has 18 heteroatoms. The highest BCUT2D eigenvalue weighted by molar-refractivity contribution is 9.10. The van der Waals surface area contributed by atoms with Gasteiger partial charge in [0.05, 0.1) is 60.6 Å². The van der Waals surface area contributed by atoms with Gasteiger partial charge in [-0.2, -0.15) is 0 Å². The molecule has 9 aromatic rings. The van der Waals surface area contributed by atoms with Crippen LogP contribution in [0.4, 0.5) is 13.2 Å². The molecule has 6 aromatic heterocycles. The average molecular weight is 1450 g/mol. The Bertz CT molecular complexity index is 4810. The van der Waals surface area contributed by atoms with Gasteiger partial charge in [0.25, 0.3) is 0 Å². The molecule has 0 N–H and O–H groups in total. The maximum Gasteiger partial charge on any atom is 0.171 e. The Morgan fingerprint density at radius 2 is 0.767 bits per heavy atom. The van der Waals surface area contributed by atoms with Crippen molar-refractivity contribution in [3.8, 4) is 67.9 Å². The Labute approximate surface area is 608 Å². The van der Waals surface area contributed by atoms with E-state index >= 15 is 13.2 Å². The molecule has 5 saturated carbocycles. The summed E-state index contributed by atoms with van der Waals surface area (Å²) in [6.45, 7) is 16.2. The third-order valence-corrected chi connectivity index (χ3v) is 26.6. The number of nitrogens with zero attached hydrogens (tertiary/aromatic N) is 9. The molecule has 19 rings (SSSR count). The summed E-state index contributed by atoms with van der Waals surface area (Å²) in [6, 6.07) is 26.7. The summed E-state index contributed by atoms with van der Waals surface area (Å²) in [4.78, 5) is 56.3. The highest BCUT2D eigenvalue weighted by Crippen LogP contribution is 2.61. The lowest BCUT2D eigenvalue weighted by atomic mass is 9.54. The fourth-order valence-electron chi connectivity index (χ4n) is 20.0. The number of hydrogen-bond donors (Lipinski definition) is 0. The number of hydrogen-bond acceptors (Lipinski definition) is 14. The Morgan fingerprint density at radius 1 is 0.408 bits per heavy atom. The third-order valence-electron chi connectivity index (χ3n) is 26.0. The van der Waals surface area contributed by atoms with Crippen LogP contribution in [-0.4, -0.2) is 88.6 Å². The van der Waals surface area contributed by atoms with E-state index in [0.717, 1.165) is 144 Å². The summed E-state index contributed by atoms with van der Waals surface area (Å²) in [5, 5.41) is 0. The van der Waals surface area contributed by atoms with Crippen molar-refractivity contribution in [1.29, 1.82) is 0 Å². The van der Waals surface area contributed by atoms with Gasteiger partial charge in [0.1, 0.15) is 23.2 Å². The maximum absolute atomic E-state index is 15.2.